The minimum absolute atomic E-state index is 0.0458. The van der Waals surface area contributed by atoms with Gasteiger partial charge in [0.25, 0.3) is 11.5 Å². The van der Waals surface area contributed by atoms with Crippen LogP contribution in [0.5, 0.6) is 0 Å². The number of aromatic amines is 1. The van der Waals surface area contributed by atoms with Crippen LogP contribution >= 0.6 is 0 Å². The molecule has 3 N–H and O–H groups in total. The minimum Gasteiger partial charge on any atom is -0.385 e. The SMILES string of the molecule is COCCCN(C(=O)c1ccccc1)c1c(N)n(Cc2ccccc2)c(=O)[nH]c1=O. The molecule has 2 aromatic carbocycles. The molecule has 30 heavy (non-hydrogen) atoms. The van der Waals surface area contributed by atoms with Crippen molar-refractivity contribution in [2.45, 2.75) is 13.0 Å². The molecule has 8 heteroatoms. The van der Waals surface area contributed by atoms with Crippen LogP contribution in [0.3, 0.4) is 0 Å². The van der Waals surface area contributed by atoms with Crippen molar-refractivity contribution in [1.29, 1.82) is 0 Å². The minimum atomic E-state index is -0.705. The van der Waals surface area contributed by atoms with E-state index in [0.717, 1.165) is 5.56 Å². The number of aromatic nitrogens is 2. The summed E-state index contributed by atoms with van der Waals surface area (Å²) >= 11 is 0. The number of anilines is 2. The number of rotatable bonds is 8. The van der Waals surface area contributed by atoms with Gasteiger partial charge in [0, 0.05) is 25.8 Å². The molecule has 0 saturated heterocycles. The second-order valence-electron chi connectivity index (χ2n) is 6.73. The molecule has 0 aliphatic heterocycles. The van der Waals surface area contributed by atoms with Gasteiger partial charge in [-0.15, -0.1) is 0 Å². The van der Waals surface area contributed by atoms with Gasteiger partial charge in [-0.3, -0.25) is 19.1 Å². The van der Waals surface area contributed by atoms with E-state index in [-0.39, 0.29) is 30.5 Å². The second kappa shape index (κ2) is 9.71. The largest absolute Gasteiger partial charge is 0.385 e. The van der Waals surface area contributed by atoms with Gasteiger partial charge >= 0.3 is 5.69 Å². The van der Waals surface area contributed by atoms with Gasteiger partial charge in [0.1, 0.15) is 5.82 Å². The number of H-pyrrole nitrogens is 1. The zero-order valence-electron chi connectivity index (χ0n) is 16.7. The lowest BCUT2D eigenvalue weighted by molar-refractivity contribution is 0.0983. The molecule has 0 spiro atoms. The Hall–Kier alpha value is -3.65. The third kappa shape index (κ3) is 4.66. The van der Waals surface area contributed by atoms with E-state index in [1.54, 1.807) is 37.4 Å². The summed E-state index contributed by atoms with van der Waals surface area (Å²) in [7, 11) is 1.56. The quantitative estimate of drug-likeness (QED) is 0.553. The molecule has 0 fully saturated rings. The van der Waals surface area contributed by atoms with E-state index in [0.29, 0.717) is 18.6 Å². The van der Waals surface area contributed by atoms with Gasteiger partial charge in [-0.25, -0.2) is 4.79 Å². The summed E-state index contributed by atoms with van der Waals surface area (Å²) < 4.78 is 6.34. The number of nitrogens with zero attached hydrogens (tertiary/aromatic N) is 2. The van der Waals surface area contributed by atoms with Crippen LogP contribution in [0.25, 0.3) is 0 Å². The Morgan fingerprint density at radius 3 is 2.33 bits per heavy atom. The van der Waals surface area contributed by atoms with Crippen LogP contribution in [0.4, 0.5) is 11.5 Å². The molecule has 0 aliphatic carbocycles. The molecule has 0 unspecified atom stereocenters. The van der Waals surface area contributed by atoms with Crippen molar-refractivity contribution in [2.75, 3.05) is 30.9 Å². The van der Waals surface area contributed by atoms with Crippen LogP contribution in [-0.4, -0.2) is 35.7 Å². The third-order valence-corrected chi connectivity index (χ3v) is 4.66. The van der Waals surface area contributed by atoms with Crippen LogP contribution < -0.4 is 21.9 Å². The first-order valence-electron chi connectivity index (χ1n) is 9.55. The predicted molar refractivity (Wildman–Crippen MR) is 116 cm³/mol. The lowest BCUT2D eigenvalue weighted by Gasteiger charge is -2.24. The molecule has 0 bridgehead atoms. The number of nitrogens with one attached hydrogen (secondary N) is 1. The lowest BCUT2D eigenvalue weighted by Crippen LogP contribution is -2.42. The fourth-order valence-corrected chi connectivity index (χ4v) is 3.18. The molecule has 1 aromatic heterocycles. The van der Waals surface area contributed by atoms with Crippen molar-refractivity contribution in [3.05, 3.63) is 92.6 Å². The summed E-state index contributed by atoms with van der Waals surface area (Å²) in [6.07, 6.45) is 0.492. The van der Waals surface area contributed by atoms with Crippen LogP contribution in [0.15, 0.2) is 70.3 Å². The topological polar surface area (TPSA) is 110 Å². The number of methoxy groups -OCH3 is 1. The monoisotopic (exact) mass is 408 g/mol. The highest BCUT2D eigenvalue weighted by Crippen LogP contribution is 2.20. The first-order valence-corrected chi connectivity index (χ1v) is 9.55. The van der Waals surface area contributed by atoms with Crippen LogP contribution in [0.2, 0.25) is 0 Å². The Morgan fingerprint density at radius 1 is 1.07 bits per heavy atom. The van der Waals surface area contributed by atoms with Gasteiger partial charge in [0.15, 0.2) is 5.69 Å². The number of amides is 1. The smallest absolute Gasteiger partial charge is 0.330 e. The highest BCUT2D eigenvalue weighted by molar-refractivity contribution is 6.07. The van der Waals surface area contributed by atoms with Crippen molar-refractivity contribution >= 4 is 17.4 Å². The highest BCUT2D eigenvalue weighted by Gasteiger charge is 2.25. The molecule has 0 saturated carbocycles. The molecule has 156 valence electrons. The maximum atomic E-state index is 13.2. The van der Waals surface area contributed by atoms with E-state index in [1.807, 2.05) is 30.3 Å². The summed E-state index contributed by atoms with van der Waals surface area (Å²) in [5.74, 6) is -0.442. The first-order chi connectivity index (χ1) is 14.5. The Balaban J connectivity index is 2.08. The molecule has 3 rings (SSSR count). The molecule has 0 aliphatic rings. The summed E-state index contributed by atoms with van der Waals surface area (Å²) in [5, 5.41) is 0. The summed E-state index contributed by atoms with van der Waals surface area (Å²) in [4.78, 5) is 41.9. The fraction of sp³-hybridized carbons (Fsp3) is 0.227. The molecule has 0 atom stereocenters. The standard InChI is InChI=1S/C22H24N4O4/c1-30-14-8-13-25(21(28)17-11-6-3-7-12-17)18-19(23)26(22(29)24-20(18)27)15-16-9-4-2-5-10-16/h2-7,9-12H,8,13-15,23H2,1H3,(H,24,27,29). The van der Waals surface area contributed by atoms with Crippen molar-refractivity contribution in [1.82, 2.24) is 9.55 Å². The Bertz CT molecular complexity index is 1110. The van der Waals surface area contributed by atoms with Crippen LogP contribution in [-0.2, 0) is 11.3 Å². The van der Waals surface area contributed by atoms with Crippen molar-refractivity contribution in [3.63, 3.8) is 0 Å². The molecule has 3 aromatic rings. The van der Waals surface area contributed by atoms with E-state index < -0.39 is 11.2 Å². The number of ether oxygens (including phenoxy) is 1. The fourth-order valence-electron chi connectivity index (χ4n) is 3.18. The average Bonchev–Trinajstić information content (AvgIpc) is 2.76. The Morgan fingerprint density at radius 2 is 1.70 bits per heavy atom. The number of carbonyl (C=O) groups is 1. The summed E-state index contributed by atoms with van der Waals surface area (Å²) in [6.45, 7) is 0.777. The van der Waals surface area contributed by atoms with E-state index >= 15 is 0 Å². The summed E-state index contributed by atoms with van der Waals surface area (Å²) in [6, 6.07) is 17.9. The second-order valence-corrected chi connectivity index (χ2v) is 6.73. The Kier molecular flexibility index (Phi) is 6.82. The number of benzene rings is 2. The molecular formula is C22H24N4O4. The number of hydrogen-bond donors (Lipinski definition) is 2. The molecule has 1 amide bonds. The zero-order valence-corrected chi connectivity index (χ0v) is 16.7. The highest BCUT2D eigenvalue weighted by atomic mass is 16.5. The van der Waals surface area contributed by atoms with Crippen LogP contribution in [0, 0.1) is 0 Å². The van der Waals surface area contributed by atoms with E-state index in [2.05, 4.69) is 4.98 Å². The van der Waals surface area contributed by atoms with E-state index in [1.165, 1.54) is 9.47 Å². The van der Waals surface area contributed by atoms with Crippen molar-refractivity contribution < 1.29 is 9.53 Å². The van der Waals surface area contributed by atoms with Crippen molar-refractivity contribution in [2.24, 2.45) is 0 Å². The molecular weight excluding hydrogens is 384 g/mol. The third-order valence-electron chi connectivity index (χ3n) is 4.66. The number of nitrogen functional groups attached to an aromatic ring is 1. The van der Waals surface area contributed by atoms with Crippen LogP contribution in [0.1, 0.15) is 22.3 Å². The van der Waals surface area contributed by atoms with Crippen molar-refractivity contribution in [3.8, 4) is 0 Å². The summed E-state index contributed by atoms with van der Waals surface area (Å²) in [5.41, 5.74) is 6.14. The van der Waals surface area contributed by atoms with E-state index in [9.17, 15) is 14.4 Å². The molecule has 8 nitrogen and oxygen atoms in total. The van der Waals surface area contributed by atoms with Gasteiger partial charge in [-0.2, -0.15) is 0 Å². The maximum Gasteiger partial charge on any atom is 0.330 e. The molecule has 0 radical (unpaired) electrons. The number of nitrogens with two attached hydrogens (primary N) is 1. The van der Waals surface area contributed by atoms with Gasteiger partial charge in [0.05, 0.1) is 6.54 Å². The Labute approximate surface area is 173 Å². The van der Waals surface area contributed by atoms with Gasteiger partial charge in [0.2, 0.25) is 0 Å². The van der Waals surface area contributed by atoms with Gasteiger partial charge in [-0.1, -0.05) is 48.5 Å². The average molecular weight is 408 g/mol. The maximum absolute atomic E-state index is 13.2. The van der Waals surface area contributed by atoms with Gasteiger partial charge < -0.3 is 15.4 Å². The van der Waals surface area contributed by atoms with E-state index in [4.69, 9.17) is 10.5 Å². The molecule has 1 heterocycles. The zero-order chi connectivity index (χ0) is 21.5. The lowest BCUT2D eigenvalue weighted by atomic mass is 10.2. The normalized spacial score (nSPS) is 10.7. The predicted octanol–water partition coefficient (Wildman–Crippen LogP) is 1.85. The number of carbonyl (C=O) groups excluding carboxylic acids is 1. The van der Waals surface area contributed by atoms with Gasteiger partial charge in [-0.05, 0) is 24.1 Å². The number of hydrogen-bond acceptors (Lipinski definition) is 5. The first kappa shape index (κ1) is 21.1.